The smallest absolute Gasteiger partial charge is 0.220 e. The number of methoxy groups -OCH3 is 1. The van der Waals surface area contributed by atoms with Gasteiger partial charge in [-0.1, -0.05) is 30.3 Å². The van der Waals surface area contributed by atoms with Crippen molar-refractivity contribution in [3.63, 3.8) is 0 Å². The Bertz CT molecular complexity index is 606. The molecule has 2 aromatic rings. The zero-order valence-electron chi connectivity index (χ0n) is 13.0. The maximum atomic E-state index is 6.09. The molecule has 1 aliphatic rings. The quantitative estimate of drug-likeness (QED) is 0.868. The van der Waals surface area contributed by atoms with Crippen molar-refractivity contribution < 1.29 is 9.47 Å². The summed E-state index contributed by atoms with van der Waals surface area (Å²) in [6, 6.07) is 10.4. The number of rotatable bonds is 4. The Morgan fingerprint density at radius 2 is 2.09 bits per heavy atom. The minimum absolute atomic E-state index is 0.0978. The Morgan fingerprint density at radius 1 is 1.27 bits per heavy atom. The van der Waals surface area contributed by atoms with Crippen LogP contribution in [0.5, 0.6) is 5.88 Å². The first-order valence-corrected chi connectivity index (χ1v) is 7.52. The lowest BCUT2D eigenvalue weighted by molar-refractivity contribution is -0.0815. The van der Waals surface area contributed by atoms with Gasteiger partial charge in [0.25, 0.3) is 0 Å². The standard InChI is InChI=1S/C17H21N3O2/c1-13-9-20(10-15-8-18-12-19-17(15)21-2)11-16(22-13)14-6-4-3-5-7-14/h3-8,12-13,16H,9-11H2,1-2H3. The van der Waals surface area contributed by atoms with Crippen molar-refractivity contribution in [2.75, 3.05) is 20.2 Å². The van der Waals surface area contributed by atoms with E-state index in [0.29, 0.717) is 5.88 Å². The highest BCUT2D eigenvalue weighted by atomic mass is 16.5. The van der Waals surface area contributed by atoms with Crippen LogP contribution < -0.4 is 4.74 Å². The third-order valence-corrected chi connectivity index (χ3v) is 3.84. The summed E-state index contributed by atoms with van der Waals surface area (Å²) in [5.74, 6) is 0.644. The zero-order valence-corrected chi connectivity index (χ0v) is 13.0. The Morgan fingerprint density at radius 3 is 2.86 bits per heavy atom. The van der Waals surface area contributed by atoms with Crippen LogP contribution in [0.25, 0.3) is 0 Å². The van der Waals surface area contributed by atoms with E-state index in [1.807, 2.05) is 12.3 Å². The lowest BCUT2D eigenvalue weighted by Crippen LogP contribution is -2.42. The van der Waals surface area contributed by atoms with Gasteiger partial charge in [-0.15, -0.1) is 0 Å². The van der Waals surface area contributed by atoms with Crippen LogP contribution in [0.2, 0.25) is 0 Å². The van der Waals surface area contributed by atoms with Gasteiger partial charge in [-0.05, 0) is 12.5 Å². The molecular weight excluding hydrogens is 278 g/mol. The molecule has 116 valence electrons. The second-order valence-electron chi connectivity index (χ2n) is 5.60. The number of ether oxygens (including phenoxy) is 2. The minimum Gasteiger partial charge on any atom is -0.481 e. The molecule has 5 nitrogen and oxygen atoms in total. The Kier molecular flexibility index (Phi) is 4.65. The van der Waals surface area contributed by atoms with Gasteiger partial charge in [0.2, 0.25) is 5.88 Å². The fourth-order valence-corrected chi connectivity index (χ4v) is 2.90. The molecule has 0 amide bonds. The number of hydrogen-bond acceptors (Lipinski definition) is 5. The minimum atomic E-state index is 0.0978. The molecule has 3 rings (SSSR count). The molecule has 0 radical (unpaired) electrons. The van der Waals surface area contributed by atoms with Gasteiger partial charge in [0.05, 0.1) is 19.3 Å². The first kappa shape index (κ1) is 14.9. The van der Waals surface area contributed by atoms with Crippen LogP contribution in [-0.2, 0) is 11.3 Å². The molecule has 2 unspecified atom stereocenters. The highest BCUT2D eigenvalue weighted by Gasteiger charge is 2.27. The largest absolute Gasteiger partial charge is 0.481 e. The molecule has 0 aliphatic carbocycles. The van der Waals surface area contributed by atoms with Crippen molar-refractivity contribution in [3.05, 3.63) is 54.0 Å². The molecule has 0 bridgehead atoms. The van der Waals surface area contributed by atoms with Gasteiger partial charge < -0.3 is 9.47 Å². The van der Waals surface area contributed by atoms with Crippen LogP contribution in [0.4, 0.5) is 0 Å². The topological polar surface area (TPSA) is 47.5 Å². The van der Waals surface area contributed by atoms with E-state index in [1.165, 1.54) is 11.9 Å². The van der Waals surface area contributed by atoms with Crippen molar-refractivity contribution in [1.29, 1.82) is 0 Å². The van der Waals surface area contributed by atoms with E-state index < -0.39 is 0 Å². The number of nitrogens with zero attached hydrogens (tertiary/aromatic N) is 3. The molecular formula is C17H21N3O2. The van der Waals surface area contributed by atoms with Crippen molar-refractivity contribution in [1.82, 2.24) is 14.9 Å². The first-order valence-electron chi connectivity index (χ1n) is 7.52. The van der Waals surface area contributed by atoms with Crippen molar-refractivity contribution in [2.45, 2.75) is 25.7 Å². The monoisotopic (exact) mass is 299 g/mol. The van der Waals surface area contributed by atoms with E-state index >= 15 is 0 Å². The van der Waals surface area contributed by atoms with Crippen molar-refractivity contribution in [3.8, 4) is 5.88 Å². The molecule has 1 aliphatic heterocycles. The van der Waals surface area contributed by atoms with Gasteiger partial charge >= 0.3 is 0 Å². The highest BCUT2D eigenvalue weighted by molar-refractivity contribution is 5.22. The average molecular weight is 299 g/mol. The summed E-state index contributed by atoms with van der Waals surface area (Å²) in [5.41, 5.74) is 2.22. The Labute approximate surface area is 130 Å². The summed E-state index contributed by atoms with van der Waals surface area (Å²) < 4.78 is 11.4. The molecule has 1 saturated heterocycles. The number of morpholine rings is 1. The fraction of sp³-hybridized carbons (Fsp3) is 0.412. The van der Waals surface area contributed by atoms with E-state index in [4.69, 9.17) is 9.47 Å². The maximum absolute atomic E-state index is 6.09. The Balaban J connectivity index is 1.74. The lowest BCUT2D eigenvalue weighted by atomic mass is 10.1. The fourth-order valence-electron chi connectivity index (χ4n) is 2.90. The van der Waals surface area contributed by atoms with Crippen LogP contribution >= 0.6 is 0 Å². The molecule has 22 heavy (non-hydrogen) atoms. The van der Waals surface area contributed by atoms with E-state index in [0.717, 1.165) is 25.2 Å². The predicted octanol–water partition coefficient (Wildman–Crippen LogP) is 2.45. The SMILES string of the molecule is COc1ncncc1CN1CC(C)OC(c2ccccc2)C1. The van der Waals surface area contributed by atoms with E-state index in [9.17, 15) is 0 Å². The third-order valence-electron chi connectivity index (χ3n) is 3.84. The molecule has 1 aromatic heterocycles. The van der Waals surface area contributed by atoms with Crippen LogP contribution in [0.15, 0.2) is 42.9 Å². The van der Waals surface area contributed by atoms with Crippen molar-refractivity contribution >= 4 is 0 Å². The van der Waals surface area contributed by atoms with Crippen LogP contribution in [0.3, 0.4) is 0 Å². The third kappa shape index (κ3) is 3.43. The zero-order chi connectivity index (χ0) is 15.4. The van der Waals surface area contributed by atoms with Crippen LogP contribution in [0.1, 0.15) is 24.2 Å². The molecule has 0 N–H and O–H groups in total. The van der Waals surface area contributed by atoms with Gasteiger partial charge in [0.15, 0.2) is 0 Å². The van der Waals surface area contributed by atoms with Gasteiger partial charge in [0, 0.05) is 31.4 Å². The lowest BCUT2D eigenvalue weighted by Gasteiger charge is -2.37. The summed E-state index contributed by atoms with van der Waals surface area (Å²) in [5, 5.41) is 0. The van der Waals surface area contributed by atoms with Crippen LogP contribution in [-0.4, -0.2) is 41.2 Å². The van der Waals surface area contributed by atoms with E-state index in [2.05, 4.69) is 46.1 Å². The first-order chi connectivity index (χ1) is 10.8. The Hall–Kier alpha value is -1.98. The van der Waals surface area contributed by atoms with E-state index in [1.54, 1.807) is 7.11 Å². The second kappa shape index (κ2) is 6.85. The summed E-state index contributed by atoms with van der Waals surface area (Å²) in [6.07, 6.45) is 3.62. The normalized spacial score (nSPS) is 22.5. The predicted molar refractivity (Wildman–Crippen MR) is 83.6 cm³/mol. The van der Waals surface area contributed by atoms with Gasteiger partial charge in [-0.3, -0.25) is 4.90 Å². The summed E-state index contributed by atoms with van der Waals surface area (Å²) in [6.45, 7) is 4.62. The molecule has 2 heterocycles. The average Bonchev–Trinajstić information content (AvgIpc) is 2.56. The molecule has 0 spiro atoms. The van der Waals surface area contributed by atoms with Gasteiger partial charge in [0.1, 0.15) is 6.33 Å². The molecule has 2 atom stereocenters. The number of benzene rings is 1. The molecule has 5 heteroatoms. The molecule has 1 fully saturated rings. The summed E-state index contributed by atoms with van der Waals surface area (Å²) >= 11 is 0. The number of hydrogen-bond donors (Lipinski definition) is 0. The highest BCUT2D eigenvalue weighted by Crippen LogP contribution is 2.27. The van der Waals surface area contributed by atoms with E-state index in [-0.39, 0.29) is 12.2 Å². The van der Waals surface area contributed by atoms with Gasteiger partial charge in [-0.25, -0.2) is 9.97 Å². The van der Waals surface area contributed by atoms with Gasteiger partial charge in [-0.2, -0.15) is 0 Å². The second-order valence-corrected chi connectivity index (χ2v) is 5.60. The molecule has 0 saturated carbocycles. The maximum Gasteiger partial charge on any atom is 0.220 e. The summed E-state index contributed by atoms with van der Waals surface area (Å²) in [4.78, 5) is 10.6. The van der Waals surface area contributed by atoms with Crippen LogP contribution in [0, 0.1) is 0 Å². The molecule has 1 aromatic carbocycles. The number of aromatic nitrogens is 2. The van der Waals surface area contributed by atoms with Crippen molar-refractivity contribution in [2.24, 2.45) is 0 Å². The summed E-state index contributed by atoms with van der Waals surface area (Å²) in [7, 11) is 1.64.